The molecule has 0 spiro atoms. The van der Waals surface area contributed by atoms with Crippen molar-refractivity contribution < 1.29 is 9.90 Å². The highest BCUT2D eigenvalue weighted by atomic mass is 16.3. The fourth-order valence-corrected chi connectivity index (χ4v) is 1.77. The van der Waals surface area contributed by atoms with Crippen LogP contribution in [0.2, 0.25) is 0 Å². The molecule has 0 saturated carbocycles. The van der Waals surface area contributed by atoms with Crippen LogP contribution < -0.4 is 10.6 Å². The molecule has 0 aliphatic heterocycles. The van der Waals surface area contributed by atoms with Crippen LogP contribution >= 0.6 is 0 Å². The van der Waals surface area contributed by atoms with Crippen LogP contribution in [0.25, 0.3) is 0 Å². The topological polar surface area (TPSA) is 61.4 Å². The fraction of sp³-hybridized carbons (Fsp3) is 0.188. The number of aliphatic hydroxyl groups excluding tert-OH is 1. The number of rotatable bonds is 6. The predicted molar refractivity (Wildman–Crippen MR) is 79.7 cm³/mol. The molecule has 20 heavy (non-hydrogen) atoms. The second-order valence-electron chi connectivity index (χ2n) is 4.48. The van der Waals surface area contributed by atoms with Gasteiger partial charge in [0.1, 0.15) is 0 Å². The Kier molecular flexibility index (Phi) is 5.15. The Hall–Kier alpha value is -2.33. The Morgan fingerprint density at radius 2 is 1.55 bits per heavy atom. The molecule has 0 aliphatic rings. The van der Waals surface area contributed by atoms with E-state index in [9.17, 15) is 9.90 Å². The fourth-order valence-electron chi connectivity index (χ4n) is 1.77. The number of amides is 1. The molecule has 4 nitrogen and oxygen atoms in total. The van der Waals surface area contributed by atoms with Gasteiger partial charge in [-0.25, -0.2) is 0 Å². The van der Waals surface area contributed by atoms with Crippen molar-refractivity contribution in [3.8, 4) is 0 Å². The van der Waals surface area contributed by atoms with Gasteiger partial charge >= 0.3 is 0 Å². The van der Waals surface area contributed by atoms with E-state index in [0.29, 0.717) is 12.1 Å². The van der Waals surface area contributed by atoms with Gasteiger partial charge < -0.3 is 15.7 Å². The number of hydrogen-bond donors (Lipinski definition) is 3. The number of para-hydroxylation sites is 1. The van der Waals surface area contributed by atoms with Crippen LogP contribution in [0.5, 0.6) is 0 Å². The summed E-state index contributed by atoms with van der Waals surface area (Å²) in [5.41, 5.74) is 1.54. The summed E-state index contributed by atoms with van der Waals surface area (Å²) >= 11 is 0. The highest BCUT2D eigenvalue weighted by Crippen LogP contribution is 2.04. The maximum absolute atomic E-state index is 11.8. The van der Waals surface area contributed by atoms with Crippen molar-refractivity contribution in [2.45, 2.75) is 6.10 Å². The summed E-state index contributed by atoms with van der Waals surface area (Å²) in [6, 6.07) is 18.6. The maximum atomic E-state index is 11.8. The van der Waals surface area contributed by atoms with Gasteiger partial charge in [0.2, 0.25) is 0 Å². The molecule has 104 valence electrons. The molecule has 4 heteroatoms. The number of carbonyl (C=O) groups is 1. The van der Waals surface area contributed by atoms with Crippen molar-refractivity contribution in [3.63, 3.8) is 0 Å². The summed E-state index contributed by atoms with van der Waals surface area (Å²) in [6.07, 6.45) is -0.636. The molecule has 0 aliphatic carbocycles. The summed E-state index contributed by atoms with van der Waals surface area (Å²) in [4.78, 5) is 11.8. The molecule has 0 bridgehead atoms. The largest absolute Gasteiger partial charge is 0.389 e. The van der Waals surface area contributed by atoms with Crippen molar-refractivity contribution in [1.29, 1.82) is 0 Å². The van der Waals surface area contributed by atoms with E-state index >= 15 is 0 Å². The van der Waals surface area contributed by atoms with Gasteiger partial charge in [-0.05, 0) is 24.3 Å². The van der Waals surface area contributed by atoms with Crippen LogP contribution in [0.1, 0.15) is 10.4 Å². The first-order chi connectivity index (χ1) is 9.75. The van der Waals surface area contributed by atoms with Gasteiger partial charge in [0.25, 0.3) is 5.91 Å². The van der Waals surface area contributed by atoms with Crippen molar-refractivity contribution >= 4 is 11.6 Å². The third-order valence-corrected chi connectivity index (χ3v) is 2.85. The minimum atomic E-state index is -0.636. The Labute approximate surface area is 118 Å². The first kappa shape index (κ1) is 14.1. The van der Waals surface area contributed by atoms with Crippen molar-refractivity contribution in [2.75, 3.05) is 18.4 Å². The van der Waals surface area contributed by atoms with Crippen LogP contribution in [0.15, 0.2) is 60.7 Å². The minimum absolute atomic E-state index is 0.177. The Morgan fingerprint density at radius 3 is 2.20 bits per heavy atom. The zero-order chi connectivity index (χ0) is 14.2. The maximum Gasteiger partial charge on any atom is 0.251 e. The summed E-state index contributed by atoms with van der Waals surface area (Å²) in [7, 11) is 0. The van der Waals surface area contributed by atoms with Gasteiger partial charge in [0.05, 0.1) is 6.10 Å². The van der Waals surface area contributed by atoms with E-state index in [1.807, 2.05) is 48.5 Å². The molecular weight excluding hydrogens is 252 g/mol. The van der Waals surface area contributed by atoms with Crippen molar-refractivity contribution in [3.05, 3.63) is 66.2 Å². The van der Waals surface area contributed by atoms with Gasteiger partial charge in [0.15, 0.2) is 0 Å². The standard InChI is InChI=1S/C16H18N2O2/c19-15(11-17-14-9-5-2-6-10-14)12-18-16(20)13-7-3-1-4-8-13/h1-10,15,17,19H,11-12H2,(H,18,20)/t15-/m1/s1. The average molecular weight is 270 g/mol. The highest BCUT2D eigenvalue weighted by molar-refractivity contribution is 5.94. The van der Waals surface area contributed by atoms with E-state index < -0.39 is 6.10 Å². The number of benzene rings is 2. The number of hydrogen-bond acceptors (Lipinski definition) is 3. The molecule has 1 amide bonds. The molecule has 0 saturated heterocycles. The van der Waals surface area contributed by atoms with E-state index in [4.69, 9.17) is 0 Å². The average Bonchev–Trinajstić information content (AvgIpc) is 2.52. The Balaban J connectivity index is 1.73. The van der Waals surface area contributed by atoms with E-state index in [-0.39, 0.29) is 12.5 Å². The molecule has 0 aromatic heterocycles. The lowest BCUT2D eigenvalue weighted by Gasteiger charge is -2.13. The second-order valence-corrected chi connectivity index (χ2v) is 4.48. The van der Waals surface area contributed by atoms with E-state index in [1.165, 1.54) is 0 Å². The van der Waals surface area contributed by atoms with Crippen LogP contribution in [-0.2, 0) is 0 Å². The smallest absolute Gasteiger partial charge is 0.251 e. The van der Waals surface area contributed by atoms with Crippen molar-refractivity contribution in [1.82, 2.24) is 5.32 Å². The molecule has 0 radical (unpaired) electrons. The number of nitrogens with one attached hydrogen (secondary N) is 2. The highest BCUT2D eigenvalue weighted by Gasteiger charge is 2.08. The van der Waals surface area contributed by atoms with Gasteiger partial charge in [-0.2, -0.15) is 0 Å². The quantitative estimate of drug-likeness (QED) is 0.751. The van der Waals surface area contributed by atoms with E-state index in [0.717, 1.165) is 5.69 Å². The SMILES string of the molecule is O=C(NC[C@H](O)CNc1ccccc1)c1ccccc1. The van der Waals surface area contributed by atoms with Gasteiger partial charge in [0, 0.05) is 24.3 Å². The molecule has 0 unspecified atom stereocenters. The van der Waals surface area contributed by atoms with Crippen LogP contribution in [-0.4, -0.2) is 30.2 Å². The normalized spacial score (nSPS) is 11.7. The van der Waals surface area contributed by atoms with Crippen LogP contribution in [0.3, 0.4) is 0 Å². The Morgan fingerprint density at radius 1 is 0.950 bits per heavy atom. The molecule has 3 N–H and O–H groups in total. The lowest BCUT2D eigenvalue weighted by Crippen LogP contribution is -2.35. The van der Waals surface area contributed by atoms with Crippen LogP contribution in [0, 0.1) is 0 Å². The van der Waals surface area contributed by atoms with Crippen LogP contribution in [0.4, 0.5) is 5.69 Å². The minimum Gasteiger partial charge on any atom is -0.389 e. The zero-order valence-electron chi connectivity index (χ0n) is 11.1. The molecule has 2 aromatic rings. The predicted octanol–water partition coefficient (Wildman–Crippen LogP) is 1.89. The molecular formula is C16H18N2O2. The number of anilines is 1. The van der Waals surface area contributed by atoms with E-state index in [2.05, 4.69) is 10.6 Å². The number of aliphatic hydroxyl groups is 1. The summed E-state index contributed by atoms with van der Waals surface area (Å²) < 4.78 is 0. The monoisotopic (exact) mass is 270 g/mol. The van der Waals surface area contributed by atoms with Crippen molar-refractivity contribution in [2.24, 2.45) is 0 Å². The molecule has 1 atom stereocenters. The first-order valence-corrected chi connectivity index (χ1v) is 6.56. The van der Waals surface area contributed by atoms with Gasteiger partial charge in [-0.3, -0.25) is 4.79 Å². The van der Waals surface area contributed by atoms with Gasteiger partial charge in [-0.1, -0.05) is 36.4 Å². The molecule has 0 fully saturated rings. The number of carbonyl (C=O) groups excluding carboxylic acids is 1. The summed E-state index contributed by atoms with van der Waals surface area (Å²) in [6.45, 7) is 0.604. The molecule has 0 heterocycles. The third kappa shape index (κ3) is 4.40. The second kappa shape index (κ2) is 7.31. The van der Waals surface area contributed by atoms with Gasteiger partial charge in [-0.15, -0.1) is 0 Å². The third-order valence-electron chi connectivity index (χ3n) is 2.85. The molecule has 2 aromatic carbocycles. The Bertz CT molecular complexity index is 529. The zero-order valence-corrected chi connectivity index (χ0v) is 11.1. The summed E-state index contributed by atoms with van der Waals surface area (Å²) in [5.74, 6) is -0.177. The first-order valence-electron chi connectivity index (χ1n) is 6.56. The molecule has 2 rings (SSSR count). The lowest BCUT2D eigenvalue weighted by atomic mass is 10.2. The summed E-state index contributed by atoms with van der Waals surface area (Å²) in [5, 5.41) is 15.6. The van der Waals surface area contributed by atoms with E-state index in [1.54, 1.807) is 12.1 Å². The lowest BCUT2D eigenvalue weighted by molar-refractivity contribution is 0.0922.